The van der Waals surface area contributed by atoms with E-state index in [-0.39, 0.29) is 0 Å². The van der Waals surface area contributed by atoms with Crippen molar-refractivity contribution < 1.29 is 0 Å². The maximum atomic E-state index is 5.55. The summed E-state index contributed by atoms with van der Waals surface area (Å²) in [5, 5.41) is 5.23. The average molecular weight is 1040 g/mol. The van der Waals surface area contributed by atoms with Crippen LogP contribution in [-0.4, -0.2) is 26.2 Å². The molecular formula is C61H90Br2N4. The van der Waals surface area contributed by atoms with Gasteiger partial charge in [0, 0.05) is 43.4 Å². The second-order valence-electron chi connectivity index (χ2n) is 19.6. The van der Waals surface area contributed by atoms with Gasteiger partial charge < -0.3 is 22.5 Å². The van der Waals surface area contributed by atoms with Crippen LogP contribution in [-0.2, 0) is 17.2 Å². The molecule has 0 aromatic heterocycles. The minimum absolute atomic E-state index is 0.318. The van der Waals surface area contributed by atoms with Crippen LogP contribution >= 0.6 is 31.9 Å². The van der Waals surface area contributed by atoms with Crippen LogP contribution in [0, 0.1) is 10.8 Å². The molecule has 0 radical (unpaired) electrons. The van der Waals surface area contributed by atoms with E-state index in [9.17, 15) is 0 Å². The first-order chi connectivity index (χ1) is 32.2. The van der Waals surface area contributed by atoms with Crippen molar-refractivity contribution in [2.24, 2.45) is 28.0 Å². The van der Waals surface area contributed by atoms with Gasteiger partial charge in [0.25, 0.3) is 0 Å². The fraction of sp³-hybridized carbons (Fsp3) is 0.475. The van der Waals surface area contributed by atoms with Crippen molar-refractivity contribution in [3.63, 3.8) is 0 Å². The zero-order valence-corrected chi connectivity index (χ0v) is 46.1. The van der Waals surface area contributed by atoms with Gasteiger partial charge in [-0.25, -0.2) is 0 Å². The van der Waals surface area contributed by atoms with E-state index in [0.29, 0.717) is 54.1 Å². The van der Waals surface area contributed by atoms with Crippen LogP contribution in [0.2, 0.25) is 0 Å². The van der Waals surface area contributed by atoms with Gasteiger partial charge in [0.05, 0.1) is 0 Å². The molecule has 7 N–H and O–H groups in total. The molecule has 0 saturated carbocycles. The smallest absolute Gasteiger partial charge is 0.0283 e. The second kappa shape index (κ2) is 34.0. The van der Waals surface area contributed by atoms with Crippen LogP contribution < -0.4 is 22.5 Å². The van der Waals surface area contributed by atoms with Gasteiger partial charge in [-0.1, -0.05) is 233 Å². The van der Waals surface area contributed by atoms with E-state index in [1.165, 1.54) is 95.9 Å². The van der Waals surface area contributed by atoms with Gasteiger partial charge in [-0.05, 0) is 130 Å². The van der Waals surface area contributed by atoms with Crippen molar-refractivity contribution in [3.05, 3.63) is 185 Å². The highest BCUT2D eigenvalue weighted by Gasteiger charge is 2.28. The second-order valence-corrected chi connectivity index (χ2v) is 20.7. The van der Waals surface area contributed by atoms with Gasteiger partial charge in [0.2, 0.25) is 0 Å². The van der Waals surface area contributed by atoms with Crippen LogP contribution in [0.4, 0.5) is 0 Å². The normalized spacial score (nSPS) is 13.0. The van der Waals surface area contributed by atoms with Crippen molar-refractivity contribution in [1.29, 1.82) is 0 Å². The molecule has 67 heavy (non-hydrogen) atoms. The topological polar surface area (TPSA) is 90.1 Å². The van der Waals surface area contributed by atoms with Crippen molar-refractivity contribution in [1.82, 2.24) is 5.32 Å². The molecule has 0 spiro atoms. The summed E-state index contributed by atoms with van der Waals surface area (Å²) in [6.45, 7) is 26.4. The average Bonchev–Trinajstić information content (AvgIpc) is 3.37. The molecule has 5 aromatic rings. The van der Waals surface area contributed by atoms with E-state index in [1.54, 1.807) is 0 Å². The lowest BCUT2D eigenvalue weighted by Gasteiger charge is -2.33. The van der Waals surface area contributed by atoms with Gasteiger partial charge in [-0.3, -0.25) is 0 Å². The minimum Gasteiger partial charge on any atom is -0.329 e. The monoisotopic (exact) mass is 1040 g/mol. The number of halogens is 2. The molecular weight excluding hydrogens is 949 g/mol. The van der Waals surface area contributed by atoms with Crippen molar-refractivity contribution >= 4 is 37.9 Å². The first-order valence-corrected chi connectivity index (χ1v) is 27.4. The van der Waals surface area contributed by atoms with Crippen molar-refractivity contribution in [2.75, 3.05) is 26.2 Å². The Hall–Kier alpha value is -3.36. The fourth-order valence-corrected chi connectivity index (χ4v) is 9.89. The van der Waals surface area contributed by atoms with E-state index < -0.39 is 0 Å². The Morgan fingerprint density at radius 1 is 0.463 bits per heavy atom. The first-order valence-electron chi connectivity index (χ1n) is 25.2. The summed E-state index contributed by atoms with van der Waals surface area (Å²) in [5.41, 5.74) is 27.1. The highest BCUT2D eigenvalue weighted by atomic mass is 79.9. The molecule has 4 unspecified atom stereocenters. The summed E-state index contributed by atoms with van der Waals surface area (Å²) in [6.07, 6.45) is 11.6. The summed E-state index contributed by atoms with van der Waals surface area (Å²) < 4.78 is 0. The first kappa shape index (κ1) is 59.8. The molecule has 0 saturated heterocycles. The zero-order valence-electron chi connectivity index (χ0n) is 42.9. The maximum Gasteiger partial charge on any atom is 0.0283 e. The quantitative estimate of drug-likeness (QED) is 0.0366. The third-order valence-corrected chi connectivity index (χ3v) is 14.2. The van der Waals surface area contributed by atoms with E-state index in [0.717, 1.165) is 23.7 Å². The van der Waals surface area contributed by atoms with Crippen LogP contribution in [0.1, 0.15) is 175 Å². The zero-order chi connectivity index (χ0) is 49.5. The molecule has 0 aliphatic rings. The standard InChI is InChI=1S/C26H40N2.C24H33Br.C9H9Br.C2H8N2/c1-5-22(24-10-8-7-9-11-24)18-26(3,4)19-23(6-2)25-14-12-21(13-15-25)20-28-17-16-27;1-5-20(22-10-8-7-9-11-22)16-24(3,4)17-21(6-2)23-14-12-19(18-25)13-15-23;1-2-8-3-5-9(7-10)6-4-8;3-1-2-4/h7-15,22-23,28H,5-6,16-20,27H2,1-4H3;7-15,20-21H,5-6,16-18H2,1-4H3;2-6H,1,7H2;1-4H2. The molecule has 0 bridgehead atoms. The van der Waals surface area contributed by atoms with Gasteiger partial charge >= 0.3 is 0 Å². The Morgan fingerprint density at radius 3 is 1.06 bits per heavy atom. The fourth-order valence-electron chi connectivity index (χ4n) is 9.14. The highest BCUT2D eigenvalue weighted by Crippen LogP contribution is 2.43. The molecule has 0 fully saturated rings. The van der Waals surface area contributed by atoms with Crippen molar-refractivity contribution in [3.8, 4) is 0 Å². The number of rotatable bonds is 24. The largest absolute Gasteiger partial charge is 0.329 e. The van der Waals surface area contributed by atoms with E-state index in [1.807, 2.05) is 6.08 Å². The van der Waals surface area contributed by atoms with Crippen molar-refractivity contribution in [2.45, 2.75) is 148 Å². The highest BCUT2D eigenvalue weighted by molar-refractivity contribution is 9.08. The molecule has 0 aliphatic carbocycles. The summed E-state index contributed by atoms with van der Waals surface area (Å²) in [7, 11) is 0. The third kappa shape index (κ3) is 23.7. The Balaban J connectivity index is 0.000000359. The van der Waals surface area contributed by atoms with Gasteiger partial charge in [0.15, 0.2) is 0 Å². The minimum atomic E-state index is 0.318. The Kier molecular flexibility index (Phi) is 30.3. The van der Waals surface area contributed by atoms with E-state index in [4.69, 9.17) is 17.2 Å². The lowest BCUT2D eigenvalue weighted by atomic mass is 9.72. The summed E-state index contributed by atoms with van der Waals surface area (Å²) in [4.78, 5) is 0. The Morgan fingerprint density at radius 2 is 0.776 bits per heavy atom. The van der Waals surface area contributed by atoms with Crippen LogP contribution in [0.15, 0.2) is 140 Å². The number of benzene rings is 5. The molecule has 4 atom stereocenters. The van der Waals surface area contributed by atoms with Crippen LogP contribution in [0.3, 0.4) is 0 Å². The molecule has 0 amide bonds. The number of hydrogen-bond acceptors (Lipinski definition) is 4. The number of nitrogens with two attached hydrogens (primary N) is 3. The molecule has 5 aromatic carbocycles. The maximum absolute atomic E-state index is 5.55. The summed E-state index contributed by atoms with van der Waals surface area (Å²) in [6, 6.07) is 48.8. The third-order valence-electron chi connectivity index (χ3n) is 13.0. The molecule has 5 rings (SSSR count). The number of nitrogens with one attached hydrogen (secondary N) is 1. The predicted octanol–water partition coefficient (Wildman–Crippen LogP) is 16.4. The molecule has 0 aliphatic heterocycles. The summed E-state index contributed by atoms with van der Waals surface area (Å²) >= 11 is 6.92. The SMILES string of the molecule is C=Cc1ccc(CBr)cc1.CCC(CC(C)(C)CC(CC)c1ccc(CBr)cc1)c1ccccc1.CCC(CC(C)(C)CC(CC)c1ccc(CNCCN)cc1)c1ccccc1.NCCN. The lowest BCUT2D eigenvalue weighted by Crippen LogP contribution is -2.22. The predicted molar refractivity (Wildman–Crippen MR) is 305 cm³/mol. The van der Waals surface area contributed by atoms with E-state index in [2.05, 4.69) is 233 Å². The molecule has 6 heteroatoms. The van der Waals surface area contributed by atoms with Gasteiger partial charge in [-0.2, -0.15) is 0 Å². The van der Waals surface area contributed by atoms with E-state index >= 15 is 0 Å². The number of alkyl halides is 2. The van der Waals surface area contributed by atoms with Crippen LogP contribution in [0.25, 0.3) is 6.08 Å². The molecule has 4 nitrogen and oxygen atoms in total. The molecule has 0 heterocycles. The Labute approximate surface area is 427 Å². The Bertz CT molecular complexity index is 1960. The summed E-state index contributed by atoms with van der Waals surface area (Å²) in [5.74, 6) is 2.57. The number of hydrogen-bond donors (Lipinski definition) is 4. The van der Waals surface area contributed by atoms with Gasteiger partial charge in [0.1, 0.15) is 0 Å². The van der Waals surface area contributed by atoms with Crippen LogP contribution in [0.5, 0.6) is 0 Å². The lowest BCUT2D eigenvalue weighted by molar-refractivity contribution is 0.253. The molecule has 368 valence electrons. The van der Waals surface area contributed by atoms with Gasteiger partial charge in [-0.15, -0.1) is 0 Å².